The SMILES string of the molecule is COC(=O)CC1CCN(C(=O)c2ccc3nc(C(F)(F)F)[nH]c3c2)CC1. The number of likely N-dealkylation sites (tertiary alicyclic amines) is 1. The molecule has 1 fully saturated rings. The number of hydrogen-bond acceptors (Lipinski definition) is 4. The van der Waals surface area contributed by atoms with Gasteiger partial charge in [0.1, 0.15) is 0 Å². The van der Waals surface area contributed by atoms with Crippen molar-refractivity contribution in [1.82, 2.24) is 14.9 Å². The van der Waals surface area contributed by atoms with Gasteiger partial charge >= 0.3 is 12.1 Å². The van der Waals surface area contributed by atoms with Crippen LogP contribution in [-0.4, -0.2) is 46.9 Å². The Labute approximate surface area is 147 Å². The lowest BCUT2D eigenvalue weighted by Crippen LogP contribution is -2.39. The van der Waals surface area contributed by atoms with Crippen LogP contribution in [0.3, 0.4) is 0 Å². The average molecular weight is 369 g/mol. The molecule has 26 heavy (non-hydrogen) atoms. The number of nitrogens with zero attached hydrogens (tertiary/aromatic N) is 2. The van der Waals surface area contributed by atoms with E-state index in [1.54, 1.807) is 4.90 Å². The zero-order valence-corrected chi connectivity index (χ0v) is 14.1. The molecule has 0 radical (unpaired) electrons. The van der Waals surface area contributed by atoms with Crippen molar-refractivity contribution in [1.29, 1.82) is 0 Å². The zero-order chi connectivity index (χ0) is 18.9. The molecular weight excluding hydrogens is 351 g/mol. The number of aromatic amines is 1. The van der Waals surface area contributed by atoms with Crippen molar-refractivity contribution in [3.8, 4) is 0 Å². The number of nitrogens with one attached hydrogen (secondary N) is 1. The zero-order valence-electron chi connectivity index (χ0n) is 14.1. The van der Waals surface area contributed by atoms with Gasteiger partial charge in [-0.1, -0.05) is 0 Å². The Hall–Kier alpha value is -2.58. The van der Waals surface area contributed by atoms with Crippen molar-refractivity contribution >= 4 is 22.9 Å². The molecule has 1 aromatic carbocycles. The number of esters is 1. The first kappa shape index (κ1) is 18.2. The maximum Gasteiger partial charge on any atom is 0.449 e. The predicted molar refractivity (Wildman–Crippen MR) is 86.4 cm³/mol. The second-order valence-corrected chi connectivity index (χ2v) is 6.33. The molecule has 0 unspecified atom stereocenters. The summed E-state index contributed by atoms with van der Waals surface area (Å²) in [6, 6.07) is 4.27. The summed E-state index contributed by atoms with van der Waals surface area (Å²) in [4.78, 5) is 31.3. The molecule has 140 valence electrons. The molecule has 1 aliphatic heterocycles. The van der Waals surface area contributed by atoms with Gasteiger partial charge in [0.2, 0.25) is 5.82 Å². The van der Waals surface area contributed by atoms with Gasteiger partial charge in [-0.05, 0) is 37.0 Å². The average Bonchev–Trinajstić information content (AvgIpc) is 3.05. The lowest BCUT2D eigenvalue weighted by molar-refractivity contribution is -0.144. The van der Waals surface area contributed by atoms with Gasteiger partial charge in [-0.3, -0.25) is 9.59 Å². The predicted octanol–water partition coefficient (Wildman–Crippen LogP) is 3.00. The Morgan fingerprint density at radius 2 is 2.00 bits per heavy atom. The first-order valence-electron chi connectivity index (χ1n) is 8.21. The second kappa shape index (κ2) is 6.97. The Balaban J connectivity index is 1.69. The number of carbonyl (C=O) groups is 2. The van der Waals surface area contributed by atoms with Crippen LogP contribution in [0.2, 0.25) is 0 Å². The van der Waals surface area contributed by atoms with E-state index in [-0.39, 0.29) is 28.8 Å². The number of ether oxygens (including phenoxy) is 1. The first-order chi connectivity index (χ1) is 12.3. The number of imidazole rings is 1. The quantitative estimate of drug-likeness (QED) is 0.844. The van der Waals surface area contributed by atoms with E-state index in [9.17, 15) is 22.8 Å². The molecule has 0 aliphatic carbocycles. The molecule has 0 bridgehead atoms. The van der Waals surface area contributed by atoms with Crippen molar-refractivity contribution in [3.05, 3.63) is 29.6 Å². The minimum atomic E-state index is -4.56. The monoisotopic (exact) mass is 369 g/mol. The summed E-state index contributed by atoms with van der Waals surface area (Å²) in [5, 5.41) is 0. The first-order valence-corrected chi connectivity index (χ1v) is 8.21. The van der Waals surface area contributed by atoms with E-state index in [4.69, 9.17) is 0 Å². The number of halogens is 3. The summed E-state index contributed by atoms with van der Waals surface area (Å²) in [6.07, 6.45) is -2.86. The molecule has 1 amide bonds. The van der Waals surface area contributed by atoms with E-state index in [0.29, 0.717) is 37.9 Å². The molecule has 1 saturated heterocycles. The molecule has 3 rings (SSSR count). The Kier molecular flexibility index (Phi) is 4.88. The van der Waals surface area contributed by atoms with E-state index in [1.807, 2.05) is 0 Å². The van der Waals surface area contributed by atoms with Gasteiger partial charge in [-0.25, -0.2) is 4.98 Å². The Morgan fingerprint density at radius 1 is 1.31 bits per heavy atom. The second-order valence-electron chi connectivity index (χ2n) is 6.33. The summed E-state index contributed by atoms with van der Waals surface area (Å²) in [5.41, 5.74) is 0.635. The normalized spacial score (nSPS) is 16.1. The number of hydrogen-bond donors (Lipinski definition) is 1. The van der Waals surface area contributed by atoms with Crippen molar-refractivity contribution in [2.24, 2.45) is 5.92 Å². The Morgan fingerprint density at radius 3 is 2.62 bits per heavy atom. The maximum absolute atomic E-state index is 12.7. The lowest BCUT2D eigenvalue weighted by Gasteiger charge is -2.31. The number of piperidine rings is 1. The fourth-order valence-corrected chi connectivity index (χ4v) is 3.12. The van der Waals surface area contributed by atoms with Gasteiger partial charge in [-0.15, -0.1) is 0 Å². The molecule has 9 heteroatoms. The van der Waals surface area contributed by atoms with Crippen LogP contribution < -0.4 is 0 Å². The number of carbonyl (C=O) groups excluding carboxylic acids is 2. The number of rotatable bonds is 3. The van der Waals surface area contributed by atoms with Crippen LogP contribution in [0.4, 0.5) is 13.2 Å². The fourth-order valence-electron chi connectivity index (χ4n) is 3.12. The minimum Gasteiger partial charge on any atom is -0.469 e. The van der Waals surface area contributed by atoms with Crippen LogP contribution in [0.5, 0.6) is 0 Å². The molecule has 1 N–H and O–H groups in total. The molecule has 1 aliphatic rings. The molecular formula is C17H18F3N3O3. The van der Waals surface area contributed by atoms with Crippen LogP contribution >= 0.6 is 0 Å². The third-order valence-electron chi connectivity index (χ3n) is 4.58. The van der Waals surface area contributed by atoms with Gasteiger partial charge in [0.05, 0.1) is 18.1 Å². The van der Waals surface area contributed by atoms with Crippen molar-refractivity contribution in [2.45, 2.75) is 25.4 Å². The number of H-pyrrole nitrogens is 1. The number of alkyl halides is 3. The molecule has 2 aromatic rings. The van der Waals surface area contributed by atoms with Crippen LogP contribution in [0, 0.1) is 5.92 Å². The highest BCUT2D eigenvalue weighted by Gasteiger charge is 2.35. The summed E-state index contributed by atoms with van der Waals surface area (Å²) >= 11 is 0. The van der Waals surface area contributed by atoms with E-state index in [0.717, 1.165) is 0 Å². The van der Waals surface area contributed by atoms with E-state index in [2.05, 4.69) is 14.7 Å². The van der Waals surface area contributed by atoms with Crippen molar-refractivity contribution in [3.63, 3.8) is 0 Å². The number of methoxy groups -OCH3 is 1. The molecule has 0 atom stereocenters. The number of aromatic nitrogens is 2. The van der Waals surface area contributed by atoms with Crippen LogP contribution in [0.15, 0.2) is 18.2 Å². The summed E-state index contributed by atoms with van der Waals surface area (Å²) in [5.74, 6) is -1.41. The number of benzene rings is 1. The van der Waals surface area contributed by atoms with Crippen molar-refractivity contribution in [2.75, 3.05) is 20.2 Å². The highest BCUT2D eigenvalue weighted by Crippen LogP contribution is 2.29. The third-order valence-corrected chi connectivity index (χ3v) is 4.58. The van der Waals surface area contributed by atoms with E-state index >= 15 is 0 Å². The summed E-state index contributed by atoms with van der Waals surface area (Å²) < 4.78 is 42.8. The maximum atomic E-state index is 12.7. The van der Waals surface area contributed by atoms with Crippen molar-refractivity contribution < 1.29 is 27.5 Å². The topological polar surface area (TPSA) is 75.3 Å². The van der Waals surface area contributed by atoms with Gasteiger partial charge in [0.25, 0.3) is 5.91 Å². The van der Waals surface area contributed by atoms with Crippen LogP contribution in [0.1, 0.15) is 35.4 Å². The lowest BCUT2D eigenvalue weighted by atomic mass is 9.93. The van der Waals surface area contributed by atoms with Gasteiger partial charge in [0, 0.05) is 25.1 Å². The van der Waals surface area contributed by atoms with Gasteiger partial charge in [0.15, 0.2) is 0 Å². The Bertz CT molecular complexity index is 824. The minimum absolute atomic E-state index is 0.158. The molecule has 6 nitrogen and oxygen atoms in total. The standard InChI is InChI=1S/C17H18F3N3O3/c1-26-14(24)8-10-4-6-23(7-5-10)15(25)11-2-3-12-13(9-11)22-16(21-12)17(18,19)20/h2-3,9-10H,4-8H2,1H3,(H,21,22). The molecule has 2 heterocycles. The molecule has 0 spiro atoms. The largest absolute Gasteiger partial charge is 0.469 e. The molecule has 1 aromatic heterocycles. The third kappa shape index (κ3) is 3.81. The number of amides is 1. The summed E-state index contributed by atoms with van der Waals surface area (Å²) in [7, 11) is 1.34. The van der Waals surface area contributed by atoms with Gasteiger partial charge < -0.3 is 14.6 Å². The fraction of sp³-hybridized carbons (Fsp3) is 0.471. The van der Waals surface area contributed by atoms with Crippen LogP contribution in [-0.2, 0) is 15.7 Å². The van der Waals surface area contributed by atoms with Gasteiger partial charge in [-0.2, -0.15) is 13.2 Å². The smallest absolute Gasteiger partial charge is 0.449 e. The van der Waals surface area contributed by atoms with Crippen LogP contribution in [0.25, 0.3) is 11.0 Å². The highest BCUT2D eigenvalue weighted by molar-refractivity contribution is 5.97. The summed E-state index contributed by atoms with van der Waals surface area (Å²) in [6.45, 7) is 0.991. The molecule has 0 saturated carbocycles. The van der Waals surface area contributed by atoms with E-state index in [1.165, 1.54) is 25.3 Å². The van der Waals surface area contributed by atoms with E-state index < -0.39 is 12.0 Å². The number of fused-ring (bicyclic) bond motifs is 1. The highest BCUT2D eigenvalue weighted by atomic mass is 19.4.